The summed E-state index contributed by atoms with van der Waals surface area (Å²) >= 11 is 0. The third kappa shape index (κ3) is 78.6. The van der Waals surface area contributed by atoms with Crippen molar-refractivity contribution in [2.75, 3.05) is 0 Å². The SMILES string of the molecule is C=C(C)C(=O)O.C=C(C)C(=O)O.CCCCCCCC/C=C\CCCCCCCCCCCC(=O)[O-].CCCCCCCC/C=C\CCCCCCCCCCCC(=O)[O-].[Mg+2]. The first-order valence-corrected chi connectivity index (χ1v) is 24.3. The molecule has 0 heterocycles. The molecular formula is C52H94MgO8. The van der Waals surface area contributed by atoms with Gasteiger partial charge in [0.2, 0.25) is 0 Å². The van der Waals surface area contributed by atoms with Crippen molar-refractivity contribution in [2.45, 2.75) is 259 Å². The largest absolute Gasteiger partial charge is 2.00 e. The molecule has 0 radical (unpaired) electrons. The van der Waals surface area contributed by atoms with Crippen LogP contribution in [0.4, 0.5) is 0 Å². The molecule has 0 atom stereocenters. The average molecular weight is 872 g/mol. The molecule has 0 saturated heterocycles. The Morgan fingerprint density at radius 1 is 0.377 bits per heavy atom. The van der Waals surface area contributed by atoms with Gasteiger partial charge < -0.3 is 30.0 Å². The Kier molecular flexibility index (Phi) is 66.2. The molecule has 0 aliphatic heterocycles. The van der Waals surface area contributed by atoms with Crippen molar-refractivity contribution >= 4 is 46.9 Å². The number of allylic oxidation sites excluding steroid dienone is 4. The zero-order chi connectivity index (χ0) is 45.7. The second-order valence-corrected chi connectivity index (χ2v) is 16.4. The fraction of sp³-hybridized carbons (Fsp3) is 0.769. The molecule has 0 aromatic rings. The van der Waals surface area contributed by atoms with Crippen LogP contribution in [0.3, 0.4) is 0 Å². The van der Waals surface area contributed by atoms with Gasteiger partial charge in [-0.05, 0) is 90.9 Å². The second kappa shape index (κ2) is 59.7. The van der Waals surface area contributed by atoms with E-state index in [0.717, 1.165) is 25.7 Å². The van der Waals surface area contributed by atoms with E-state index in [1.165, 1.54) is 206 Å². The Hall–Kier alpha value is -2.39. The molecule has 0 bridgehead atoms. The maximum atomic E-state index is 10.3. The normalized spacial score (nSPS) is 10.4. The van der Waals surface area contributed by atoms with E-state index >= 15 is 0 Å². The van der Waals surface area contributed by atoms with Crippen molar-refractivity contribution in [1.29, 1.82) is 0 Å². The maximum Gasteiger partial charge on any atom is 2.00 e. The Bertz CT molecular complexity index is 946. The molecule has 352 valence electrons. The minimum Gasteiger partial charge on any atom is -0.550 e. The number of unbranched alkanes of at least 4 members (excludes halogenated alkanes) is 30. The number of carboxylic acids is 4. The van der Waals surface area contributed by atoms with Crippen molar-refractivity contribution in [3.63, 3.8) is 0 Å². The number of carbonyl (C=O) groups excluding carboxylic acids is 2. The van der Waals surface area contributed by atoms with Gasteiger partial charge in [0.25, 0.3) is 0 Å². The fourth-order valence-corrected chi connectivity index (χ4v) is 6.09. The minimum atomic E-state index is -0.935. The number of carbonyl (C=O) groups is 4. The van der Waals surface area contributed by atoms with Crippen LogP contribution in [0, 0.1) is 0 Å². The van der Waals surface area contributed by atoms with Gasteiger partial charge in [-0.3, -0.25) is 0 Å². The van der Waals surface area contributed by atoms with Gasteiger partial charge in [-0.15, -0.1) is 0 Å². The number of aliphatic carboxylic acids is 4. The summed E-state index contributed by atoms with van der Waals surface area (Å²) in [5, 5.41) is 36.3. The molecule has 0 fully saturated rings. The molecule has 0 saturated carbocycles. The van der Waals surface area contributed by atoms with Gasteiger partial charge in [0, 0.05) is 23.1 Å². The fourth-order valence-electron chi connectivity index (χ4n) is 6.09. The van der Waals surface area contributed by atoms with Crippen molar-refractivity contribution in [1.82, 2.24) is 0 Å². The summed E-state index contributed by atoms with van der Waals surface area (Å²) in [6, 6.07) is 0. The molecular weight excluding hydrogens is 777 g/mol. The third-order valence-electron chi connectivity index (χ3n) is 10.0. The first-order valence-electron chi connectivity index (χ1n) is 24.3. The molecule has 0 spiro atoms. The standard InChI is InChI=1S/2C22H42O2.2C4H6O2.Mg/c2*1-2-3-4-5-6-7-8-9-10-11-12-13-14-15-16-17-18-19-20-21-22(23)24;2*1-3(2)4(5)6;/h2*9-10H,2-8,11-21H2,1H3,(H,23,24);2*1H2,2H3,(H,5,6);/q;;;;+2/p-2/b2*10-9-;;;. The van der Waals surface area contributed by atoms with Gasteiger partial charge >= 0.3 is 35.0 Å². The van der Waals surface area contributed by atoms with E-state index in [9.17, 15) is 29.4 Å². The molecule has 0 unspecified atom stereocenters. The van der Waals surface area contributed by atoms with E-state index < -0.39 is 23.9 Å². The van der Waals surface area contributed by atoms with E-state index in [1.54, 1.807) is 0 Å². The first kappa shape index (κ1) is 67.7. The number of rotatable bonds is 40. The van der Waals surface area contributed by atoms with Crippen LogP contribution in [0.1, 0.15) is 259 Å². The number of carboxylic acid groups (broad SMARTS) is 4. The van der Waals surface area contributed by atoms with Crippen LogP contribution < -0.4 is 10.2 Å². The van der Waals surface area contributed by atoms with Gasteiger partial charge in [-0.25, -0.2) is 9.59 Å². The number of hydrogen-bond donors (Lipinski definition) is 2. The molecule has 0 aliphatic carbocycles. The molecule has 0 amide bonds. The molecule has 9 heteroatoms. The summed E-state index contributed by atoms with van der Waals surface area (Å²) in [5.41, 5.74) is 0.352. The zero-order valence-electron chi connectivity index (χ0n) is 40.2. The monoisotopic (exact) mass is 871 g/mol. The van der Waals surface area contributed by atoms with E-state index in [2.05, 4.69) is 51.3 Å². The number of hydrogen-bond acceptors (Lipinski definition) is 6. The van der Waals surface area contributed by atoms with Crippen molar-refractivity contribution in [2.24, 2.45) is 0 Å². The van der Waals surface area contributed by atoms with E-state index in [0.29, 0.717) is 0 Å². The van der Waals surface area contributed by atoms with Crippen LogP contribution >= 0.6 is 0 Å². The molecule has 0 aromatic heterocycles. The van der Waals surface area contributed by atoms with E-state index in [1.807, 2.05) is 0 Å². The summed E-state index contributed by atoms with van der Waals surface area (Å²) in [7, 11) is 0. The van der Waals surface area contributed by atoms with Crippen LogP contribution in [-0.4, -0.2) is 57.1 Å². The molecule has 0 aromatic carbocycles. The van der Waals surface area contributed by atoms with Gasteiger partial charge in [-0.2, -0.15) is 0 Å². The molecule has 0 rings (SSSR count). The van der Waals surface area contributed by atoms with Gasteiger partial charge in [-0.1, -0.05) is 205 Å². The molecule has 0 aliphatic rings. The van der Waals surface area contributed by atoms with Gasteiger partial charge in [0.1, 0.15) is 0 Å². The van der Waals surface area contributed by atoms with Crippen LogP contribution in [0.25, 0.3) is 0 Å². The Balaban J connectivity index is -0.000000266. The summed E-state index contributed by atoms with van der Waals surface area (Å²) < 4.78 is 0. The maximum absolute atomic E-state index is 10.3. The first-order chi connectivity index (χ1) is 28.8. The molecule has 2 N–H and O–H groups in total. The Morgan fingerprint density at radius 3 is 0.705 bits per heavy atom. The smallest absolute Gasteiger partial charge is 0.550 e. The predicted octanol–water partition coefficient (Wildman–Crippen LogP) is 13.6. The van der Waals surface area contributed by atoms with Crippen molar-refractivity contribution in [3.8, 4) is 0 Å². The van der Waals surface area contributed by atoms with Crippen molar-refractivity contribution in [3.05, 3.63) is 48.6 Å². The quantitative estimate of drug-likeness (QED) is 0.0267. The van der Waals surface area contributed by atoms with Gasteiger partial charge in [0.05, 0.1) is 0 Å². The Labute approximate surface area is 392 Å². The summed E-state index contributed by atoms with van der Waals surface area (Å²) in [5.74, 6) is -3.68. The molecule has 8 nitrogen and oxygen atoms in total. The summed E-state index contributed by atoms with van der Waals surface area (Å²) in [4.78, 5) is 39.7. The second-order valence-electron chi connectivity index (χ2n) is 16.4. The summed E-state index contributed by atoms with van der Waals surface area (Å²) in [6.45, 7) is 13.7. The average Bonchev–Trinajstić information content (AvgIpc) is 3.20. The Morgan fingerprint density at radius 2 is 0.541 bits per heavy atom. The van der Waals surface area contributed by atoms with Crippen molar-refractivity contribution < 1.29 is 39.6 Å². The van der Waals surface area contributed by atoms with E-state index in [-0.39, 0.29) is 47.0 Å². The topological polar surface area (TPSA) is 155 Å². The van der Waals surface area contributed by atoms with Crippen LogP contribution in [0.5, 0.6) is 0 Å². The van der Waals surface area contributed by atoms with Crippen LogP contribution in [-0.2, 0) is 19.2 Å². The molecule has 61 heavy (non-hydrogen) atoms. The minimum absolute atomic E-state index is 0. The van der Waals surface area contributed by atoms with Crippen LogP contribution in [0.15, 0.2) is 48.6 Å². The van der Waals surface area contributed by atoms with E-state index in [4.69, 9.17) is 10.2 Å². The summed E-state index contributed by atoms with van der Waals surface area (Å²) in [6.07, 6.45) is 53.5. The van der Waals surface area contributed by atoms with Gasteiger partial charge in [0.15, 0.2) is 0 Å². The predicted molar refractivity (Wildman–Crippen MR) is 257 cm³/mol. The zero-order valence-corrected chi connectivity index (χ0v) is 41.6. The van der Waals surface area contributed by atoms with Crippen LogP contribution in [0.2, 0.25) is 0 Å². The third-order valence-corrected chi connectivity index (χ3v) is 10.0.